The van der Waals surface area contributed by atoms with E-state index in [2.05, 4.69) is 11.3 Å². The van der Waals surface area contributed by atoms with Crippen LogP contribution in [0, 0.1) is 11.6 Å². The molecule has 2 nitrogen and oxygen atoms in total. The lowest BCUT2D eigenvalue weighted by Crippen LogP contribution is -2.24. The fourth-order valence-electron chi connectivity index (χ4n) is 1.17. The summed E-state index contributed by atoms with van der Waals surface area (Å²) < 4.78 is 62.3. The molecule has 0 aliphatic carbocycles. The second kappa shape index (κ2) is 6.45. The zero-order valence-electron chi connectivity index (χ0n) is 10.4. The van der Waals surface area contributed by atoms with E-state index in [9.17, 15) is 17.6 Å². The van der Waals surface area contributed by atoms with Gasteiger partial charge in [0.15, 0.2) is 18.1 Å². The first-order valence-electron chi connectivity index (χ1n) is 5.63. The number of benzene rings is 1. The van der Waals surface area contributed by atoms with Crippen LogP contribution in [0.4, 0.5) is 17.6 Å². The molecule has 0 N–H and O–H groups in total. The first-order chi connectivity index (χ1) is 8.91. The fraction of sp³-hybridized carbons (Fsp3) is 0.385. The summed E-state index contributed by atoms with van der Waals surface area (Å²) in [6, 6.07) is 2.16. The predicted molar refractivity (Wildman–Crippen MR) is 62.8 cm³/mol. The van der Waals surface area contributed by atoms with Gasteiger partial charge in [0.25, 0.3) is 5.92 Å². The highest BCUT2D eigenvalue weighted by Crippen LogP contribution is 2.29. The smallest absolute Gasteiger partial charge is 0.281 e. The molecule has 0 spiro atoms. The van der Waals surface area contributed by atoms with Gasteiger partial charge in [-0.15, -0.1) is 0 Å². The van der Waals surface area contributed by atoms with Gasteiger partial charge in [0, 0.05) is 6.42 Å². The molecule has 0 aliphatic rings. The second-order valence-electron chi connectivity index (χ2n) is 3.79. The van der Waals surface area contributed by atoms with Crippen molar-refractivity contribution in [1.29, 1.82) is 0 Å². The summed E-state index contributed by atoms with van der Waals surface area (Å²) in [7, 11) is 0. The average Bonchev–Trinajstić information content (AvgIpc) is 2.39. The molecule has 0 atom stereocenters. The lowest BCUT2D eigenvalue weighted by molar-refractivity contribution is -0.0446. The Morgan fingerprint density at radius 2 is 1.68 bits per heavy atom. The van der Waals surface area contributed by atoms with Gasteiger partial charge < -0.3 is 9.47 Å². The third-order valence-corrected chi connectivity index (χ3v) is 2.32. The number of ether oxygens (including phenoxy) is 2. The van der Waals surface area contributed by atoms with Crippen molar-refractivity contribution >= 4 is 0 Å². The molecule has 1 rings (SSSR count). The third-order valence-electron chi connectivity index (χ3n) is 2.32. The predicted octanol–water partition coefficient (Wildman–Crippen LogP) is 3.95. The molecular formula is C13H14F4O2. The number of hydrogen-bond donors (Lipinski definition) is 0. The summed E-state index contributed by atoms with van der Waals surface area (Å²) in [5, 5.41) is 0. The SMILES string of the molecule is C=CCOc1ccc(OCC(F)(F)CC)c(F)c1F. The molecule has 0 aromatic heterocycles. The van der Waals surface area contributed by atoms with Crippen LogP contribution in [-0.4, -0.2) is 19.1 Å². The summed E-state index contributed by atoms with van der Waals surface area (Å²) >= 11 is 0. The van der Waals surface area contributed by atoms with Gasteiger partial charge >= 0.3 is 0 Å². The molecular weight excluding hydrogens is 264 g/mol. The largest absolute Gasteiger partial charge is 0.486 e. The van der Waals surface area contributed by atoms with Crippen molar-refractivity contribution < 1.29 is 27.0 Å². The highest BCUT2D eigenvalue weighted by atomic mass is 19.3. The molecule has 0 heterocycles. The van der Waals surface area contributed by atoms with Gasteiger partial charge in [-0.05, 0) is 12.1 Å². The molecule has 0 fully saturated rings. The molecule has 0 amide bonds. The monoisotopic (exact) mass is 278 g/mol. The van der Waals surface area contributed by atoms with Gasteiger partial charge in [0.05, 0.1) is 0 Å². The van der Waals surface area contributed by atoms with Gasteiger partial charge in [-0.3, -0.25) is 0 Å². The number of halogens is 4. The molecule has 1 aromatic carbocycles. The van der Waals surface area contributed by atoms with E-state index >= 15 is 0 Å². The van der Waals surface area contributed by atoms with E-state index in [1.807, 2.05) is 0 Å². The van der Waals surface area contributed by atoms with E-state index in [1.54, 1.807) is 0 Å². The summed E-state index contributed by atoms with van der Waals surface area (Å²) in [4.78, 5) is 0. The van der Waals surface area contributed by atoms with Crippen LogP contribution in [0.1, 0.15) is 13.3 Å². The van der Waals surface area contributed by atoms with Crippen molar-refractivity contribution in [3.63, 3.8) is 0 Å². The van der Waals surface area contributed by atoms with E-state index in [0.717, 1.165) is 12.1 Å². The summed E-state index contributed by atoms with van der Waals surface area (Å²) in [5.41, 5.74) is 0. The second-order valence-corrected chi connectivity index (χ2v) is 3.79. The molecule has 0 aliphatic heterocycles. The lowest BCUT2D eigenvalue weighted by atomic mass is 10.2. The van der Waals surface area contributed by atoms with Crippen molar-refractivity contribution in [3.8, 4) is 11.5 Å². The number of hydrogen-bond acceptors (Lipinski definition) is 2. The quantitative estimate of drug-likeness (QED) is 0.555. The maximum atomic E-state index is 13.5. The van der Waals surface area contributed by atoms with Crippen LogP contribution in [0.2, 0.25) is 0 Å². The normalized spacial score (nSPS) is 11.2. The molecule has 0 saturated carbocycles. The minimum atomic E-state index is -3.08. The zero-order valence-corrected chi connectivity index (χ0v) is 10.4. The molecule has 6 heteroatoms. The lowest BCUT2D eigenvalue weighted by Gasteiger charge is -2.16. The maximum absolute atomic E-state index is 13.5. The van der Waals surface area contributed by atoms with Crippen molar-refractivity contribution in [2.45, 2.75) is 19.3 Å². The molecule has 1 aromatic rings. The summed E-state index contributed by atoms with van der Waals surface area (Å²) in [5.74, 6) is -6.61. The Labute approximate surface area is 108 Å². The van der Waals surface area contributed by atoms with Crippen LogP contribution in [0.5, 0.6) is 11.5 Å². The minimum absolute atomic E-state index is 0.00443. The average molecular weight is 278 g/mol. The van der Waals surface area contributed by atoms with Crippen LogP contribution < -0.4 is 9.47 Å². The van der Waals surface area contributed by atoms with Gasteiger partial charge in [0.2, 0.25) is 11.6 Å². The van der Waals surface area contributed by atoms with Crippen LogP contribution in [-0.2, 0) is 0 Å². The van der Waals surface area contributed by atoms with Crippen LogP contribution in [0.3, 0.4) is 0 Å². The number of alkyl halides is 2. The van der Waals surface area contributed by atoms with Crippen LogP contribution >= 0.6 is 0 Å². The highest BCUT2D eigenvalue weighted by Gasteiger charge is 2.28. The molecule has 19 heavy (non-hydrogen) atoms. The molecule has 0 unspecified atom stereocenters. The fourth-order valence-corrected chi connectivity index (χ4v) is 1.17. The van der Waals surface area contributed by atoms with Crippen molar-refractivity contribution in [2.24, 2.45) is 0 Å². The Morgan fingerprint density at radius 3 is 2.16 bits per heavy atom. The summed E-state index contributed by atoms with van der Waals surface area (Å²) in [6.45, 7) is 3.63. The van der Waals surface area contributed by atoms with E-state index < -0.39 is 36.3 Å². The van der Waals surface area contributed by atoms with Gasteiger partial charge in [-0.1, -0.05) is 19.6 Å². The first-order valence-corrected chi connectivity index (χ1v) is 5.63. The van der Waals surface area contributed by atoms with Crippen molar-refractivity contribution in [2.75, 3.05) is 13.2 Å². The summed E-state index contributed by atoms with van der Waals surface area (Å²) in [6.07, 6.45) is 0.918. The van der Waals surface area contributed by atoms with Crippen molar-refractivity contribution in [3.05, 3.63) is 36.4 Å². The number of rotatable bonds is 7. The standard InChI is InChI=1S/C13H14F4O2/c1-3-7-18-9-5-6-10(12(15)11(9)14)19-8-13(16,17)4-2/h3,5-6H,1,4,7-8H2,2H3. The van der Waals surface area contributed by atoms with Gasteiger partial charge in [0.1, 0.15) is 6.61 Å². The Kier molecular flexibility index (Phi) is 5.20. The molecule has 106 valence electrons. The van der Waals surface area contributed by atoms with Gasteiger partial charge in [-0.25, -0.2) is 8.78 Å². The van der Waals surface area contributed by atoms with E-state index in [0.29, 0.717) is 0 Å². The van der Waals surface area contributed by atoms with Crippen LogP contribution in [0.25, 0.3) is 0 Å². The van der Waals surface area contributed by atoms with Crippen LogP contribution in [0.15, 0.2) is 24.8 Å². The Hall–Kier alpha value is -1.72. The minimum Gasteiger partial charge on any atom is -0.486 e. The third kappa shape index (κ3) is 4.15. The zero-order chi connectivity index (χ0) is 14.5. The van der Waals surface area contributed by atoms with E-state index in [-0.39, 0.29) is 12.4 Å². The Morgan fingerprint density at radius 1 is 1.16 bits per heavy atom. The van der Waals surface area contributed by atoms with E-state index in [4.69, 9.17) is 4.74 Å². The first kappa shape index (κ1) is 15.3. The molecule has 0 radical (unpaired) electrons. The highest BCUT2D eigenvalue weighted by molar-refractivity contribution is 5.35. The van der Waals surface area contributed by atoms with Gasteiger partial charge in [-0.2, -0.15) is 8.78 Å². The molecule has 0 bridgehead atoms. The Bertz CT molecular complexity index is 447. The Balaban J connectivity index is 2.81. The van der Waals surface area contributed by atoms with Crippen molar-refractivity contribution in [1.82, 2.24) is 0 Å². The molecule has 0 saturated heterocycles. The maximum Gasteiger partial charge on any atom is 0.281 e. The van der Waals surface area contributed by atoms with E-state index in [1.165, 1.54) is 13.0 Å². The topological polar surface area (TPSA) is 18.5 Å².